The van der Waals surface area contributed by atoms with Gasteiger partial charge in [-0.05, 0) is 36.8 Å². The summed E-state index contributed by atoms with van der Waals surface area (Å²) in [4.78, 5) is 5.66. The molecule has 0 aliphatic carbocycles. The molecule has 24 heavy (non-hydrogen) atoms. The van der Waals surface area contributed by atoms with Crippen LogP contribution in [0.5, 0.6) is 0 Å². The fraction of sp³-hybridized carbons (Fsp3) is 0.222. The Kier molecular flexibility index (Phi) is 5.20. The van der Waals surface area contributed by atoms with E-state index in [2.05, 4.69) is 15.9 Å². The van der Waals surface area contributed by atoms with E-state index in [1.165, 1.54) is 0 Å². The normalized spacial score (nSPS) is 19.2. The van der Waals surface area contributed by atoms with E-state index in [4.69, 9.17) is 4.84 Å². The molecular formula is C18H18BrNO3S. The lowest BCUT2D eigenvalue weighted by Crippen LogP contribution is -2.27. The number of hydroxylamine groups is 1. The molecule has 1 heterocycles. The second-order valence-electron chi connectivity index (χ2n) is 5.77. The Labute approximate surface area is 150 Å². The smallest absolute Gasteiger partial charge is 0.265 e. The van der Waals surface area contributed by atoms with E-state index >= 15 is 0 Å². The van der Waals surface area contributed by atoms with Gasteiger partial charge in [0.05, 0.1) is 11.5 Å². The third-order valence-corrected chi connectivity index (χ3v) is 6.02. The summed E-state index contributed by atoms with van der Waals surface area (Å²) >= 11 is 3.40. The highest BCUT2D eigenvalue weighted by Crippen LogP contribution is 2.24. The van der Waals surface area contributed by atoms with E-state index in [0.29, 0.717) is 13.2 Å². The van der Waals surface area contributed by atoms with Crippen LogP contribution in [0.25, 0.3) is 6.08 Å². The molecule has 0 spiro atoms. The Morgan fingerprint density at radius 1 is 1.12 bits per heavy atom. The van der Waals surface area contributed by atoms with E-state index < -0.39 is 10.0 Å². The summed E-state index contributed by atoms with van der Waals surface area (Å²) in [5.41, 5.74) is 2.09. The summed E-state index contributed by atoms with van der Waals surface area (Å²) in [6, 6.07) is 14.7. The predicted molar refractivity (Wildman–Crippen MR) is 97.7 cm³/mol. The van der Waals surface area contributed by atoms with Crippen LogP contribution in [-0.2, 0) is 14.9 Å². The van der Waals surface area contributed by atoms with Crippen molar-refractivity contribution in [3.8, 4) is 0 Å². The van der Waals surface area contributed by atoms with Gasteiger partial charge in [0, 0.05) is 16.9 Å². The summed E-state index contributed by atoms with van der Waals surface area (Å²) in [7, 11) is -3.61. The molecule has 1 saturated heterocycles. The van der Waals surface area contributed by atoms with Crippen molar-refractivity contribution in [2.24, 2.45) is 5.92 Å². The van der Waals surface area contributed by atoms with Gasteiger partial charge in [0.1, 0.15) is 0 Å². The van der Waals surface area contributed by atoms with Gasteiger partial charge in [-0.2, -0.15) is 0 Å². The largest absolute Gasteiger partial charge is 0.283 e. The van der Waals surface area contributed by atoms with Gasteiger partial charge in [-0.25, -0.2) is 8.42 Å². The summed E-state index contributed by atoms with van der Waals surface area (Å²) < 4.78 is 27.3. The molecule has 0 unspecified atom stereocenters. The number of nitrogens with zero attached hydrogens (tertiary/aromatic N) is 1. The lowest BCUT2D eigenvalue weighted by molar-refractivity contribution is -0.0291. The summed E-state index contributed by atoms with van der Waals surface area (Å²) in [5.74, 6) is 0.0360. The van der Waals surface area contributed by atoms with Crippen LogP contribution >= 0.6 is 15.9 Å². The van der Waals surface area contributed by atoms with Gasteiger partial charge in [0.25, 0.3) is 10.0 Å². The monoisotopic (exact) mass is 407 g/mol. The van der Waals surface area contributed by atoms with Crippen molar-refractivity contribution in [1.82, 2.24) is 4.47 Å². The first-order valence-corrected chi connectivity index (χ1v) is 9.84. The number of hydrogen-bond acceptors (Lipinski definition) is 3. The Bertz CT molecular complexity index is 830. The number of rotatable bonds is 4. The summed E-state index contributed by atoms with van der Waals surface area (Å²) in [6.07, 6.45) is 3.98. The van der Waals surface area contributed by atoms with Crippen molar-refractivity contribution in [3.05, 3.63) is 70.2 Å². The van der Waals surface area contributed by atoms with Gasteiger partial charge in [-0.15, -0.1) is 0 Å². The lowest BCUT2D eigenvalue weighted by Gasteiger charge is -2.14. The molecule has 2 aromatic rings. The maximum atomic E-state index is 12.6. The molecule has 0 radical (unpaired) electrons. The van der Waals surface area contributed by atoms with E-state index in [0.717, 1.165) is 20.1 Å². The van der Waals surface area contributed by atoms with Crippen LogP contribution in [0.4, 0.5) is 0 Å². The molecule has 6 heteroatoms. The molecule has 3 rings (SSSR count). The molecule has 4 nitrogen and oxygen atoms in total. The van der Waals surface area contributed by atoms with Gasteiger partial charge >= 0.3 is 0 Å². The molecule has 1 aliphatic heterocycles. The minimum Gasteiger partial charge on any atom is -0.283 e. The Morgan fingerprint density at radius 2 is 1.79 bits per heavy atom. The first kappa shape index (κ1) is 17.4. The Balaban J connectivity index is 1.68. The minimum absolute atomic E-state index is 0.0360. The molecule has 2 aromatic carbocycles. The molecule has 0 amide bonds. The van der Waals surface area contributed by atoms with Gasteiger partial charge in [-0.3, -0.25) is 4.84 Å². The highest BCUT2D eigenvalue weighted by molar-refractivity contribution is 9.10. The quantitative estimate of drug-likeness (QED) is 0.768. The Morgan fingerprint density at radius 3 is 2.46 bits per heavy atom. The van der Waals surface area contributed by atoms with Crippen molar-refractivity contribution >= 4 is 32.0 Å². The van der Waals surface area contributed by atoms with Crippen LogP contribution in [0.2, 0.25) is 0 Å². The van der Waals surface area contributed by atoms with Crippen LogP contribution in [0, 0.1) is 12.8 Å². The molecule has 1 aliphatic rings. The van der Waals surface area contributed by atoms with Gasteiger partial charge < -0.3 is 0 Å². The number of sulfonamides is 1. The highest BCUT2D eigenvalue weighted by atomic mass is 79.9. The average Bonchev–Trinajstić information content (AvgIpc) is 3.04. The molecular weight excluding hydrogens is 390 g/mol. The van der Waals surface area contributed by atoms with Crippen molar-refractivity contribution in [1.29, 1.82) is 0 Å². The zero-order chi connectivity index (χ0) is 17.2. The SMILES string of the molecule is Cc1ccc(S(=O)(=O)N2C[C@H](/C=C/c3ccc(Br)cc3)CO2)cc1. The molecule has 0 bridgehead atoms. The van der Waals surface area contributed by atoms with Crippen molar-refractivity contribution in [2.75, 3.05) is 13.2 Å². The molecule has 1 fully saturated rings. The molecule has 0 saturated carbocycles. The molecule has 0 N–H and O–H groups in total. The topological polar surface area (TPSA) is 46.6 Å². The second-order valence-corrected chi connectivity index (χ2v) is 8.51. The van der Waals surface area contributed by atoms with E-state index in [1.54, 1.807) is 24.3 Å². The highest BCUT2D eigenvalue weighted by Gasteiger charge is 2.33. The van der Waals surface area contributed by atoms with Crippen LogP contribution in [0.15, 0.2) is 64.0 Å². The van der Waals surface area contributed by atoms with Crippen molar-refractivity contribution < 1.29 is 13.3 Å². The van der Waals surface area contributed by atoms with E-state index in [1.807, 2.05) is 43.3 Å². The van der Waals surface area contributed by atoms with Gasteiger partial charge in [-0.1, -0.05) is 62.4 Å². The van der Waals surface area contributed by atoms with Gasteiger partial charge in [0.15, 0.2) is 0 Å². The first-order chi connectivity index (χ1) is 11.4. The summed E-state index contributed by atoms with van der Waals surface area (Å²) in [6.45, 7) is 2.60. The lowest BCUT2D eigenvalue weighted by atomic mass is 10.1. The minimum atomic E-state index is -3.61. The fourth-order valence-electron chi connectivity index (χ4n) is 2.41. The Hall–Kier alpha value is -1.47. The zero-order valence-electron chi connectivity index (χ0n) is 13.2. The van der Waals surface area contributed by atoms with E-state index in [9.17, 15) is 8.42 Å². The first-order valence-electron chi connectivity index (χ1n) is 7.61. The standard InChI is InChI=1S/C18H18BrNO3S/c1-14-2-10-18(11-3-14)24(21,22)20-12-16(13-23-20)5-4-15-6-8-17(19)9-7-15/h2-11,16H,12-13H2,1H3/b5-4+/t16-/m0/s1. The fourth-order valence-corrected chi connectivity index (χ4v) is 3.98. The number of hydrogen-bond donors (Lipinski definition) is 0. The maximum Gasteiger partial charge on any atom is 0.265 e. The van der Waals surface area contributed by atoms with Crippen LogP contribution in [-0.4, -0.2) is 26.0 Å². The van der Waals surface area contributed by atoms with Gasteiger partial charge in [0.2, 0.25) is 0 Å². The average molecular weight is 408 g/mol. The number of benzene rings is 2. The molecule has 126 valence electrons. The maximum absolute atomic E-state index is 12.6. The van der Waals surface area contributed by atoms with Crippen LogP contribution in [0.1, 0.15) is 11.1 Å². The van der Waals surface area contributed by atoms with E-state index in [-0.39, 0.29) is 10.8 Å². The predicted octanol–water partition coefficient (Wildman–Crippen LogP) is 4.02. The van der Waals surface area contributed by atoms with Crippen LogP contribution in [0.3, 0.4) is 0 Å². The van der Waals surface area contributed by atoms with Crippen molar-refractivity contribution in [2.45, 2.75) is 11.8 Å². The number of aryl methyl sites for hydroxylation is 1. The third kappa shape index (κ3) is 3.95. The summed E-state index contributed by atoms with van der Waals surface area (Å²) in [5, 5.41) is 0. The second kappa shape index (κ2) is 7.19. The van der Waals surface area contributed by atoms with Crippen LogP contribution < -0.4 is 0 Å². The van der Waals surface area contributed by atoms with Crippen molar-refractivity contribution in [3.63, 3.8) is 0 Å². The third-order valence-electron chi connectivity index (χ3n) is 3.83. The molecule has 0 aromatic heterocycles. The zero-order valence-corrected chi connectivity index (χ0v) is 15.6. The molecule has 1 atom stereocenters. The number of halogens is 1.